The van der Waals surface area contributed by atoms with Crippen molar-refractivity contribution in [2.45, 2.75) is 19.3 Å². The fraction of sp³-hybridized carbons (Fsp3) is 0.0638. The van der Waals surface area contributed by atoms with Gasteiger partial charge >= 0.3 is 0 Å². The molecule has 3 nitrogen and oxygen atoms in total. The van der Waals surface area contributed by atoms with Gasteiger partial charge in [0.1, 0.15) is 16.7 Å². The van der Waals surface area contributed by atoms with Crippen molar-refractivity contribution < 1.29 is 8.83 Å². The molecule has 0 saturated heterocycles. The van der Waals surface area contributed by atoms with Crippen molar-refractivity contribution in [1.82, 2.24) is 0 Å². The van der Waals surface area contributed by atoms with E-state index in [-0.39, 0.29) is 5.41 Å². The first-order valence-electron chi connectivity index (χ1n) is 17.3. The SMILES string of the molecule is CC1(C)c2ccccc2-c2ccc(N(c3ccc4ccccc4c3)c3cccc4c3oc3c5ccccc5c5c6ccccc6oc5c43)cc21. The third kappa shape index (κ3) is 3.64. The first-order chi connectivity index (χ1) is 24.6. The van der Waals surface area contributed by atoms with Gasteiger partial charge in [0.15, 0.2) is 5.58 Å². The molecule has 0 fully saturated rings. The van der Waals surface area contributed by atoms with E-state index in [4.69, 9.17) is 8.83 Å². The van der Waals surface area contributed by atoms with Gasteiger partial charge < -0.3 is 13.7 Å². The van der Waals surface area contributed by atoms with Crippen molar-refractivity contribution in [2.75, 3.05) is 4.90 Å². The van der Waals surface area contributed by atoms with E-state index in [1.54, 1.807) is 0 Å². The Labute approximate surface area is 288 Å². The molecule has 0 unspecified atom stereocenters. The number of anilines is 3. The Kier molecular flexibility index (Phi) is 5.45. The summed E-state index contributed by atoms with van der Waals surface area (Å²) in [5, 5.41) is 8.90. The average molecular weight is 642 g/mol. The summed E-state index contributed by atoms with van der Waals surface area (Å²) in [5.74, 6) is 0. The number of hydrogen-bond acceptors (Lipinski definition) is 3. The Balaban J connectivity index is 1.23. The first-order valence-corrected chi connectivity index (χ1v) is 17.3. The van der Waals surface area contributed by atoms with E-state index in [1.165, 1.54) is 33.0 Å². The van der Waals surface area contributed by atoms with Gasteiger partial charge in [-0.1, -0.05) is 129 Å². The smallest absolute Gasteiger partial charge is 0.159 e. The van der Waals surface area contributed by atoms with E-state index >= 15 is 0 Å². The molecule has 50 heavy (non-hydrogen) atoms. The molecule has 10 aromatic rings. The van der Waals surface area contributed by atoms with Crippen molar-refractivity contribution in [3.05, 3.63) is 163 Å². The predicted molar refractivity (Wildman–Crippen MR) is 208 cm³/mol. The maximum Gasteiger partial charge on any atom is 0.159 e. The summed E-state index contributed by atoms with van der Waals surface area (Å²) in [6, 6.07) is 54.4. The van der Waals surface area contributed by atoms with E-state index in [1.807, 2.05) is 6.07 Å². The van der Waals surface area contributed by atoms with Gasteiger partial charge in [0.25, 0.3) is 0 Å². The van der Waals surface area contributed by atoms with Crippen LogP contribution in [0.3, 0.4) is 0 Å². The summed E-state index contributed by atoms with van der Waals surface area (Å²) < 4.78 is 13.8. The summed E-state index contributed by atoms with van der Waals surface area (Å²) in [5.41, 5.74) is 11.7. The highest BCUT2D eigenvalue weighted by molar-refractivity contribution is 6.34. The lowest BCUT2D eigenvalue weighted by molar-refractivity contribution is 0.660. The second-order valence-corrected chi connectivity index (χ2v) is 14.1. The monoisotopic (exact) mass is 641 g/mol. The fourth-order valence-electron chi connectivity index (χ4n) is 8.66. The van der Waals surface area contributed by atoms with Crippen LogP contribution < -0.4 is 4.90 Å². The van der Waals surface area contributed by atoms with E-state index < -0.39 is 0 Å². The van der Waals surface area contributed by atoms with Gasteiger partial charge in [-0.3, -0.25) is 0 Å². The highest BCUT2D eigenvalue weighted by atomic mass is 16.3. The second kappa shape index (κ2) is 9.87. The number of nitrogens with zero attached hydrogens (tertiary/aromatic N) is 1. The zero-order valence-corrected chi connectivity index (χ0v) is 27.7. The van der Waals surface area contributed by atoms with Crippen molar-refractivity contribution in [3.63, 3.8) is 0 Å². The Bertz CT molecular complexity index is 3030. The molecular formula is C47H31NO2. The Hall–Kier alpha value is -6.32. The van der Waals surface area contributed by atoms with Crippen LogP contribution in [0.15, 0.2) is 160 Å². The number of benzene rings is 8. The number of para-hydroxylation sites is 2. The summed E-state index contributed by atoms with van der Waals surface area (Å²) in [6.45, 7) is 4.68. The highest BCUT2D eigenvalue weighted by Crippen LogP contribution is 2.52. The van der Waals surface area contributed by atoms with Crippen LogP contribution in [0.4, 0.5) is 17.1 Å². The molecule has 0 saturated carbocycles. The molecule has 2 aromatic heterocycles. The quantitative estimate of drug-likeness (QED) is 0.192. The molecule has 0 amide bonds. The van der Waals surface area contributed by atoms with Crippen LogP contribution in [-0.2, 0) is 5.41 Å². The largest absolute Gasteiger partial charge is 0.455 e. The molecule has 0 atom stereocenters. The van der Waals surface area contributed by atoms with Gasteiger partial charge in [-0.25, -0.2) is 0 Å². The van der Waals surface area contributed by atoms with Gasteiger partial charge in [-0.15, -0.1) is 0 Å². The molecule has 0 bridgehead atoms. The highest BCUT2D eigenvalue weighted by Gasteiger charge is 2.36. The topological polar surface area (TPSA) is 29.5 Å². The molecule has 0 N–H and O–H groups in total. The number of furan rings is 2. The molecule has 11 rings (SSSR count). The third-order valence-corrected chi connectivity index (χ3v) is 11.0. The molecule has 2 heterocycles. The van der Waals surface area contributed by atoms with Gasteiger partial charge in [0.2, 0.25) is 0 Å². The third-order valence-electron chi connectivity index (χ3n) is 11.0. The minimum Gasteiger partial charge on any atom is -0.455 e. The maximum absolute atomic E-state index is 7.10. The predicted octanol–water partition coefficient (Wildman–Crippen LogP) is 13.6. The zero-order chi connectivity index (χ0) is 33.1. The summed E-state index contributed by atoms with van der Waals surface area (Å²) in [7, 11) is 0. The molecular weight excluding hydrogens is 611 g/mol. The molecule has 236 valence electrons. The van der Waals surface area contributed by atoms with E-state index in [0.717, 1.165) is 71.7 Å². The lowest BCUT2D eigenvalue weighted by Crippen LogP contribution is -2.16. The average Bonchev–Trinajstić information content (AvgIpc) is 3.81. The normalized spacial score (nSPS) is 13.6. The van der Waals surface area contributed by atoms with Crippen molar-refractivity contribution in [1.29, 1.82) is 0 Å². The maximum atomic E-state index is 7.10. The molecule has 8 aromatic carbocycles. The number of rotatable bonds is 3. The van der Waals surface area contributed by atoms with Crippen LogP contribution in [0, 0.1) is 0 Å². The zero-order valence-electron chi connectivity index (χ0n) is 27.7. The molecule has 1 aliphatic carbocycles. The van der Waals surface area contributed by atoms with Crippen LogP contribution in [0.2, 0.25) is 0 Å². The second-order valence-electron chi connectivity index (χ2n) is 14.1. The Morgan fingerprint density at radius 3 is 2.02 bits per heavy atom. The van der Waals surface area contributed by atoms with E-state index in [0.29, 0.717) is 0 Å². The van der Waals surface area contributed by atoms with Crippen molar-refractivity contribution in [3.8, 4) is 11.1 Å². The summed E-state index contributed by atoms with van der Waals surface area (Å²) >= 11 is 0. The minimum atomic E-state index is -0.131. The van der Waals surface area contributed by atoms with Crippen LogP contribution in [0.5, 0.6) is 0 Å². The lowest BCUT2D eigenvalue weighted by atomic mass is 9.82. The summed E-state index contributed by atoms with van der Waals surface area (Å²) in [6.07, 6.45) is 0. The van der Waals surface area contributed by atoms with Crippen molar-refractivity contribution in [2.24, 2.45) is 0 Å². The Morgan fingerprint density at radius 1 is 0.440 bits per heavy atom. The Morgan fingerprint density at radius 2 is 1.12 bits per heavy atom. The molecule has 1 aliphatic rings. The minimum absolute atomic E-state index is 0.131. The van der Waals surface area contributed by atoms with Crippen molar-refractivity contribution >= 4 is 82.5 Å². The fourth-order valence-corrected chi connectivity index (χ4v) is 8.66. The number of hydrogen-bond donors (Lipinski definition) is 0. The van der Waals surface area contributed by atoms with Crippen LogP contribution in [-0.4, -0.2) is 0 Å². The van der Waals surface area contributed by atoms with Crippen LogP contribution in [0.1, 0.15) is 25.0 Å². The van der Waals surface area contributed by atoms with Crippen LogP contribution >= 0.6 is 0 Å². The molecule has 0 aliphatic heterocycles. The van der Waals surface area contributed by atoms with Gasteiger partial charge in [0.05, 0.1) is 11.1 Å². The van der Waals surface area contributed by atoms with Crippen LogP contribution in [0.25, 0.3) is 76.5 Å². The van der Waals surface area contributed by atoms with Gasteiger partial charge in [-0.05, 0) is 74.8 Å². The van der Waals surface area contributed by atoms with E-state index in [9.17, 15) is 0 Å². The van der Waals surface area contributed by atoms with Gasteiger partial charge in [0, 0.05) is 38.3 Å². The van der Waals surface area contributed by atoms with Gasteiger partial charge in [-0.2, -0.15) is 0 Å². The molecule has 3 heteroatoms. The standard InChI is InChI=1S/C47H31NO2/c1-47(2)38-19-9-7-14-32(38)33-25-24-31(27-39(33)47)48(30-23-22-28-12-3-4-13-29(28)26-30)40-20-11-18-37-43-45(50-44(37)40)35-16-6-5-15-34(35)42-36-17-8-10-21-41(36)49-46(42)43/h3-27H,1-2H3. The first kappa shape index (κ1) is 27.6. The molecule has 0 spiro atoms. The number of fused-ring (bicyclic) bond motifs is 14. The van der Waals surface area contributed by atoms with E-state index in [2.05, 4.69) is 164 Å². The molecule has 0 radical (unpaired) electrons. The summed E-state index contributed by atoms with van der Waals surface area (Å²) in [4.78, 5) is 2.37. The lowest BCUT2D eigenvalue weighted by Gasteiger charge is -2.28.